The summed E-state index contributed by atoms with van der Waals surface area (Å²) in [5.74, 6) is 0.897. The standard InChI is InChI=1S/C19H32ClNO3/c1-2-3-4-5-6-14-24-17-11-9-16(10-12-17)8-7-13-19(21,15-22)18(20)23/h9-12,18,22-23H,2-8,13-15,21H2,1H3. The monoisotopic (exact) mass is 357 g/mol. The molecule has 24 heavy (non-hydrogen) atoms. The maximum atomic E-state index is 9.42. The topological polar surface area (TPSA) is 75.7 Å². The highest BCUT2D eigenvalue weighted by molar-refractivity contribution is 6.20. The number of alkyl halides is 1. The Morgan fingerprint density at radius 3 is 2.38 bits per heavy atom. The van der Waals surface area contributed by atoms with Crippen molar-refractivity contribution >= 4 is 11.6 Å². The molecule has 2 unspecified atom stereocenters. The van der Waals surface area contributed by atoms with E-state index in [4.69, 9.17) is 22.1 Å². The largest absolute Gasteiger partial charge is 0.494 e. The third-order valence-electron chi connectivity index (χ3n) is 4.32. The van der Waals surface area contributed by atoms with Crippen LogP contribution in [-0.2, 0) is 6.42 Å². The lowest BCUT2D eigenvalue weighted by Crippen LogP contribution is -2.51. The molecule has 5 heteroatoms. The predicted molar refractivity (Wildman–Crippen MR) is 99.5 cm³/mol. The van der Waals surface area contributed by atoms with Crippen molar-refractivity contribution < 1.29 is 14.9 Å². The van der Waals surface area contributed by atoms with Gasteiger partial charge < -0.3 is 20.7 Å². The van der Waals surface area contributed by atoms with Gasteiger partial charge in [-0.05, 0) is 43.4 Å². The van der Waals surface area contributed by atoms with Gasteiger partial charge in [0.05, 0.1) is 18.8 Å². The molecule has 0 bridgehead atoms. The van der Waals surface area contributed by atoms with Gasteiger partial charge in [0, 0.05) is 0 Å². The third kappa shape index (κ3) is 7.84. The Bertz CT molecular complexity index is 439. The normalized spacial score (nSPS) is 15.0. The van der Waals surface area contributed by atoms with Crippen molar-refractivity contribution in [2.45, 2.75) is 69.4 Å². The van der Waals surface area contributed by atoms with Gasteiger partial charge in [0.2, 0.25) is 0 Å². The molecule has 0 aliphatic heterocycles. The molecular formula is C19H32ClNO3. The van der Waals surface area contributed by atoms with E-state index in [2.05, 4.69) is 6.92 Å². The first-order chi connectivity index (χ1) is 11.5. The Morgan fingerprint density at radius 1 is 1.12 bits per heavy atom. The summed E-state index contributed by atoms with van der Waals surface area (Å²) < 4.78 is 5.75. The van der Waals surface area contributed by atoms with E-state index in [9.17, 15) is 10.2 Å². The molecule has 4 N–H and O–H groups in total. The molecule has 0 aromatic heterocycles. The average molecular weight is 358 g/mol. The molecule has 1 aromatic carbocycles. The molecule has 2 atom stereocenters. The number of benzene rings is 1. The van der Waals surface area contributed by atoms with E-state index in [1.165, 1.54) is 31.2 Å². The van der Waals surface area contributed by atoms with Crippen LogP contribution in [-0.4, -0.2) is 34.5 Å². The van der Waals surface area contributed by atoms with Gasteiger partial charge in [-0.15, -0.1) is 0 Å². The Kier molecular flexibility index (Phi) is 10.3. The highest BCUT2D eigenvalue weighted by Gasteiger charge is 2.31. The van der Waals surface area contributed by atoms with Crippen LogP contribution < -0.4 is 10.5 Å². The number of aryl methyl sites for hydroxylation is 1. The first kappa shape index (κ1) is 21.2. The van der Waals surface area contributed by atoms with Crippen LogP contribution in [0.1, 0.15) is 57.4 Å². The van der Waals surface area contributed by atoms with Gasteiger partial charge in [-0.3, -0.25) is 0 Å². The second kappa shape index (κ2) is 11.7. The highest BCUT2D eigenvalue weighted by Crippen LogP contribution is 2.20. The van der Waals surface area contributed by atoms with Gasteiger partial charge in [0.1, 0.15) is 11.3 Å². The molecule has 0 saturated carbocycles. The summed E-state index contributed by atoms with van der Waals surface area (Å²) in [6.45, 7) is 2.65. The zero-order valence-electron chi connectivity index (χ0n) is 14.7. The lowest BCUT2D eigenvalue weighted by atomic mass is 9.94. The zero-order chi connectivity index (χ0) is 17.8. The van der Waals surface area contributed by atoms with Crippen molar-refractivity contribution in [1.82, 2.24) is 0 Å². The number of aliphatic hydroxyl groups is 2. The van der Waals surface area contributed by atoms with Gasteiger partial charge in [-0.25, -0.2) is 0 Å². The summed E-state index contributed by atoms with van der Waals surface area (Å²) in [6, 6.07) is 8.06. The van der Waals surface area contributed by atoms with Crippen LogP contribution in [0.5, 0.6) is 5.75 Å². The SMILES string of the molecule is CCCCCCCOc1ccc(CCCC(N)(CO)C(O)Cl)cc1. The number of halogens is 1. The molecule has 1 rings (SSSR count). The first-order valence-electron chi connectivity index (χ1n) is 8.95. The molecule has 4 nitrogen and oxygen atoms in total. The molecule has 0 aliphatic carbocycles. The summed E-state index contributed by atoms with van der Waals surface area (Å²) in [7, 11) is 0. The lowest BCUT2D eigenvalue weighted by Gasteiger charge is -2.28. The number of nitrogens with two attached hydrogens (primary N) is 1. The van der Waals surface area contributed by atoms with E-state index in [1.54, 1.807) is 0 Å². The zero-order valence-corrected chi connectivity index (χ0v) is 15.5. The number of hydrogen-bond acceptors (Lipinski definition) is 4. The Labute approximate surface area is 151 Å². The number of ether oxygens (including phenoxy) is 1. The second-order valence-corrected chi connectivity index (χ2v) is 6.90. The average Bonchev–Trinajstić information content (AvgIpc) is 2.59. The summed E-state index contributed by atoms with van der Waals surface area (Å²) in [6.07, 6.45) is 8.20. The van der Waals surface area contributed by atoms with E-state index in [1.807, 2.05) is 24.3 Å². The van der Waals surface area contributed by atoms with Crippen LogP contribution in [0, 0.1) is 0 Å². The van der Waals surface area contributed by atoms with Crippen molar-refractivity contribution in [3.63, 3.8) is 0 Å². The molecule has 0 saturated heterocycles. The van der Waals surface area contributed by atoms with E-state index < -0.39 is 11.1 Å². The molecule has 0 spiro atoms. The quantitative estimate of drug-likeness (QED) is 0.372. The van der Waals surface area contributed by atoms with Crippen LogP contribution in [0.15, 0.2) is 24.3 Å². The molecule has 0 fully saturated rings. The van der Waals surface area contributed by atoms with Gasteiger partial charge in [0.15, 0.2) is 0 Å². The molecule has 0 amide bonds. The van der Waals surface area contributed by atoms with Crippen molar-refractivity contribution in [3.8, 4) is 5.75 Å². The minimum Gasteiger partial charge on any atom is -0.494 e. The summed E-state index contributed by atoms with van der Waals surface area (Å²) >= 11 is 5.63. The Hall–Kier alpha value is -0.810. The van der Waals surface area contributed by atoms with E-state index in [-0.39, 0.29) is 6.61 Å². The van der Waals surface area contributed by atoms with E-state index >= 15 is 0 Å². The minimum absolute atomic E-state index is 0.331. The van der Waals surface area contributed by atoms with Crippen molar-refractivity contribution in [2.75, 3.05) is 13.2 Å². The number of unbranched alkanes of at least 4 members (excludes halogenated alkanes) is 4. The number of rotatable bonds is 13. The maximum absolute atomic E-state index is 9.42. The van der Waals surface area contributed by atoms with Gasteiger partial charge in [-0.2, -0.15) is 0 Å². The van der Waals surface area contributed by atoms with E-state index in [0.717, 1.165) is 31.6 Å². The highest BCUT2D eigenvalue weighted by atomic mass is 35.5. The van der Waals surface area contributed by atoms with Crippen molar-refractivity contribution in [1.29, 1.82) is 0 Å². The molecule has 0 aliphatic rings. The fourth-order valence-electron chi connectivity index (χ4n) is 2.54. The van der Waals surface area contributed by atoms with Crippen LogP contribution >= 0.6 is 11.6 Å². The molecule has 0 radical (unpaired) electrons. The molecule has 138 valence electrons. The van der Waals surface area contributed by atoms with Gasteiger partial charge >= 0.3 is 0 Å². The van der Waals surface area contributed by atoms with Crippen LogP contribution in [0.25, 0.3) is 0 Å². The molecule has 0 heterocycles. The van der Waals surface area contributed by atoms with E-state index in [0.29, 0.717) is 6.42 Å². The lowest BCUT2D eigenvalue weighted by molar-refractivity contribution is 0.0870. The van der Waals surface area contributed by atoms with Crippen LogP contribution in [0.3, 0.4) is 0 Å². The number of aliphatic hydroxyl groups excluding tert-OH is 2. The Balaban J connectivity index is 2.27. The second-order valence-electron chi connectivity index (χ2n) is 6.49. The summed E-state index contributed by atoms with van der Waals surface area (Å²) in [5, 5.41) is 18.7. The van der Waals surface area contributed by atoms with Crippen molar-refractivity contribution in [3.05, 3.63) is 29.8 Å². The molecular weight excluding hydrogens is 326 g/mol. The maximum Gasteiger partial charge on any atom is 0.148 e. The van der Waals surface area contributed by atoms with Crippen LogP contribution in [0.2, 0.25) is 0 Å². The van der Waals surface area contributed by atoms with Crippen LogP contribution in [0.4, 0.5) is 0 Å². The number of hydrogen-bond donors (Lipinski definition) is 3. The fourth-order valence-corrected chi connectivity index (χ4v) is 2.72. The minimum atomic E-state index is -1.24. The summed E-state index contributed by atoms with van der Waals surface area (Å²) in [5.41, 5.74) is 4.67. The van der Waals surface area contributed by atoms with Gasteiger partial charge in [-0.1, -0.05) is 56.3 Å². The smallest absolute Gasteiger partial charge is 0.148 e. The third-order valence-corrected chi connectivity index (χ3v) is 4.75. The fraction of sp³-hybridized carbons (Fsp3) is 0.684. The first-order valence-corrected chi connectivity index (χ1v) is 9.39. The van der Waals surface area contributed by atoms with Gasteiger partial charge in [0.25, 0.3) is 0 Å². The summed E-state index contributed by atoms with van der Waals surface area (Å²) in [4.78, 5) is 0. The molecule has 1 aromatic rings. The predicted octanol–water partition coefficient (Wildman–Crippen LogP) is 3.61. The Morgan fingerprint density at radius 2 is 1.79 bits per heavy atom. The van der Waals surface area contributed by atoms with Crippen molar-refractivity contribution in [2.24, 2.45) is 5.73 Å².